The molecule has 0 aliphatic rings. The number of nitrogens with zero attached hydrogens (tertiary/aromatic N) is 1. The molecule has 1 amide bonds. The lowest BCUT2D eigenvalue weighted by Crippen LogP contribution is -2.28. The van der Waals surface area contributed by atoms with Crippen LogP contribution in [0, 0.1) is 32.1 Å². The van der Waals surface area contributed by atoms with E-state index in [1.54, 1.807) is 0 Å². The minimum Gasteiger partial charge on any atom is -0.332 e. The van der Waals surface area contributed by atoms with Gasteiger partial charge in [0.2, 0.25) is 0 Å². The van der Waals surface area contributed by atoms with Gasteiger partial charge < -0.3 is 5.32 Å². The molecule has 106 valence electrons. The number of hydrogen-bond acceptors (Lipinski definition) is 2. The second-order valence-electron chi connectivity index (χ2n) is 5.22. The standard InChI is InChI=1S/C18H18N2O/c1-12-9-13(2)17(14(3)10-12)18(21)20-16(11-19)15-7-5-4-6-8-15/h4-10,16H,1-3H3,(H,20,21). The van der Waals surface area contributed by atoms with Crippen molar-refractivity contribution in [3.05, 3.63) is 70.3 Å². The summed E-state index contributed by atoms with van der Waals surface area (Å²) in [5.41, 5.74) is 4.42. The molecule has 0 saturated carbocycles. The van der Waals surface area contributed by atoms with Gasteiger partial charge in [0.05, 0.1) is 6.07 Å². The molecule has 0 spiro atoms. The zero-order valence-electron chi connectivity index (χ0n) is 12.5. The third-order valence-electron chi connectivity index (χ3n) is 3.44. The number of benzene rings is 2. The van der Waals surface area contributed by atoms with Gasteiger partial charge in [0, 0.05) is 5.56 Å². The molecule has 3 heteroatoms. The number of carbonyl (C=O) groups excluding carboxylic acids is 1. The van der Waals surface area contributed by atoms with Gasteiger partial charge >= 0.3 is 0 Å². The van der Waals surface area contributed by atoms with Crippen molar-refractivity contribution in [1.82, 2.24) is 5.32 Å². The van der Waals surface area contributed by atoms with E-state index in [0.717, 1.165) is 22.3 Å². The van der Waals surface area contributed by atoms with Crippen LogP contribution in [-0.2, 0) is 0 Å². The van der Waals surface area contributed by atoms with Gasteiger partial charge in [0.25, 0.3) is 5.91 Å². The SMILES string of the molecule is Cc1cc(C)c(C(=O)NC(C#N)c2ccccc2)c(C)c1. The van der Waals surface area contributed by atoms with Crippen LogP contribution in [0.2, 0.25) is 0 Å². The molecule has 1 unspecified atom stereocenters. The van der Waals surface area contributed by atoms with Crippen LogP contribution in [0.25, 0.3) is 0 Å². The molecule has 2 aromatic rings. The van der Waals surface area contributed by atoms with Crippen LogP contribution in [0.4, 0.5) is 0 Å². The second kappa shape index (κ2) is 6.23. The number of nitriles is 1. The third-order valence-corrected chi connectivity index (χ3v) is 3.44. The number of amides is 1. The monoisotopic (exact) mass is 278 g/mol. The molecule has 0 bridgehead atoms. The van der Waals surface area contributed by atoms with Gasteiger partial charge in [-0.25, -0.2) is 0 Å². The third kappa shape index (κ3) is 3.29. The first-order valence-corrected chi connectivity index (χ1v) is 6.86. The first-order valence-electron chi connectivity index (χ1n) is 6.86. The molecule has 0 aromatic heterocycles. The van der Waals surface area contributed by atoms with Crippen LogP contribution in [0.5, 0.6) is 0 Å². The number of aryl methyl sites for hydroxylation is 3. The Kier molecular flexibility index (Phi) is 4.39. The highest BCUT2D eigenvalue weighted by Crippen LogP contribution is 2.18. The first-order chi connectivity index (χ1) is 10.0. The minimum atomic E-state index is -0.640. The van der Waals surface area contributed by atoms with Crippen molar-refractivity contribution in [2.75, 3.05) is 0 Å². The minimum absolute atomic E-state index is 0.208. The van der Waals surface area contributed by atoms with Crippen molar-refractivity contribution >= 4 is 5.91 Å². The Hall–Kier alpha value is -2.60. The quantitative estimate of drug-likeness (QED) is 0.932. The van der Waals surface area contributed by atoms with E-state index in [1.807, 2.05) is 63.2 Å². The Bertz CT molecular complexity index is 676. The van der Waals surface area contributed by atoms with E-state index >= 15 is 0 Å². The summed E-state index contributed by atoms with van der Waals surface area (Å²) in [6.07, 6.45) is 0. The Morgan fingerprint density at radius 3 is 2.19 bits per heavy atom. The number of nitrogens with one attached hydrogen (secondary N) is 1. The molecule has 21 heavy (non-hydrogen) atoms. The molecule has 0 radical (unpaired) electrons. The van der Waals surface area contributed by atoms with Gasteiger partial charge in [-0.05, 0) is 37.5 Å². The second-order valence-corrected chi connectivity index (χ2v) is 5.22. The molecule has 0 saturated heterocycles. The van der Waals surface area contributed by atoms with Crippen molar-refractivity contribution in [3.63, 3.8) is 0 Å². The van der Waals surface area contributed by atoms with Crippen LogP contribution in [0.15, 0.2) is 42.5 Å². The number of rotatable bonds is 3. The molecule has 1 atom stereocenters. The lowest BCUT2D eigenvalue weighted by atomic mass is 9.98. The summed E-state index contributed by atoms with van der Waals surface area (Å²) >= 11 is 0. The molecular weight excluding hydrogens is 260 g/mol. The molecule has 2 rings (SSSR count). The fraction of sp³-hybridized carbons (Fsp3) is 0.222. The zero-order chi connectivity index (χ0) is 15.4. The van der Waals surface area contributed by atoms with Crippen LogP contribution < -0.4 is 5.32 Å². The van der Waals surface area contributed by atoms with Gasteiger partial charge in [0.15, 0.2) is 0 Å². The van der Waals surface area contributed by atoms with Gasteiger partial charge in [-0.15, -0.1) is 0 Å². The van der Waals surface area contributed by atoms with Gasteiger partial charge in [0.1, 0.15) is 6.04 Å². The molecule has 0 fully saturated rings. The zero-order valence-corrected chi connectivity index (χ0v) is 12.5. The topological polar surface area (TPSA) is 52.9 Å². The van der Waals surface area contributed by atoms with E-state index in [2.05, 4.69) is 11.4 Å². The fourth-order valence-electron chi connectivity index (χ4n) is 2.58. The first kappa shape index (κ1) is 14.8. The maximum Gasteiger partial charge on any atom is 0.253 e. The van der Waals surface area contributed by atoms with Crippen molar-refractivity contribution in [2.45, 2.75) is 26.8 Å². The maximum absolute atomic E-state index is 12.5. The highest BCUT2D eigenvalue weighted by molar-refractivity contribution is 5.97. The number of hydrogen-bond donors (Lipinski definition) is 1. The Morgan fingerprint density at radius 1 is 1.10 bits per heavy atom. The maximum atomic E-state index is 12.5. The van der Waals surface area contributed by atoms with Crippen LogP contribution >= 0.6 is 0 Å². The summed E-state index contributed by atoms with van der Waals surface area (Å²) in [5, 5.41) is 12.1. The van der Waals surface area contributed by atoms with Crippen molar-refractivity contribution in [1.29, 1.82) is 5.26 Å². The summed E-state index contributed by atoms with van der Waals surface area (Å²) in [4.78, 5) is 12.5. The van der Waals surface area contributed by atoms with Gasteiger partial charge in [-0.1, -0.05) is 48.0 Å². The molecule has 0 heterocycles. The summed E-state index contributed by atoms with van der Waals surface area (Å²) in [6, 6.07) is 14.7. The predicted octanol–water partition coefficient (Wildman–Crippen LogP) is 3.61. The van der Waals surface area contributed by atoms with E-state index in [1.165, 1.54) is 0 Å². The average Bonchev–Trinajstić information content (AvgIpc) is 2.44. The largest absolute Gasteiger partial charge is 0.332 e. The Balaban J connectivity index is 2.28. The summed E-state index contributed by atoms with van der Waals surface area (Å²) in [5.74, 6) is -0.208. The lowest BCUT2D eigenvalue weighted by Gasteiger charge is -2.15. The van der Waals surface area contributed by atoms with Gasteiger partial charge in [-0.2, -0.15) is 5.26 Å². The molecular formula is C18H18N2O. The van der Waals surface area contributed by atoms with Gasteiger partial charge in [-0.3, -0.25) is 4.79 Å². The predicted molar refractivity (Wildman–Crippen MR) is 82.9 cm³/mol. The molecule has 1 N–H and O–H groups in total. The molecule has 0 aliphatic heterocycles. The normalized spacial score (nSPS) is 11.5. The Morgan fingerprint density at radius 2 is 1.67 bits per heavy atom. The fourth-order valence-corrected chi connectivity index (χ4v) is 2.58. The van der Waals surface area contributed by atoms with E-state index in [-0.39, 0.29) is 5.91 Å². The lowest BCUT2D eigenvalue weighted by molar-refractivity contribution is 0.0944. The van der Waals surface area contributed by atoms with Crippen LogP contribution in [-0.4, -0.2) is 5.91 Å². The Labute approximate surface area is 125 Å². The summed E-state index contributed by atoms with van der Waals surface area (Å²) in [6.45, 7) is 5.83. The van der Waals surface area contributed by atoms with Crippen molar-refractivity contribution in [3.8, 4) is 6.07 Å². The highest BCUT2D eigenvalue weighted by atomic mass is 16.1. The van der Waals surface area contributed by atoms with E-state index in [9.17, 15) is 10.1 Å². The highest BCUT2D eigenvalue weighted by Gasteiger charge is 2.18. The summed E-state index contributed by atoms with van der Waals surface area (Å²) in [7, 11) is 0. The van der Waals surface area contributed by atoms with E-state index in [0.29, 0.717) is 5.56 Å². The van der Waals surface area contributed by atoms with Crippen LogP contribution in [0.3, 0.4) is 0 Å². The molecule has 2 aromatic carbocycles. The van der Waals surface area contributed by atoms with Crippen molar-refractivity contribution in [2.24, 2.45) is 0 Å². The molecule has 0 aliphatic carbocycles. The number of carbonyl (C=O) groups is 1. The van der Waals surface area contributed by atoms with Crippen LogP contribution in [0.1, 0.15) is 38.7 Å². The van der Waals surface area contributed by atoms with E-state index < -0.39 is 6.04 Å². The molecule has 3 nitrogen and oxygen atoms in total. The smallest absolute Gasteiger partial charge is 0.253 e. The summed E-state index contributed by atoms with van der Waals surface area (Å²) < 4.78 is 0. The average molecular weight is 278 g/mol. The van der Waals surface area contributed by atoms with Crippen molar-refractivity contribution < 1.29 is 4.79 Å². The van der Waals surface area contributed by atoms with E-state index in [4.69, 9.17) is 0 Å².